The van der Waals surface area contributed by atoms with Gasteiger partial charge in [-0.1, -0.05) is 18.2 Å². The van der Waals surface area contributed by atoms with Gasteiger partial charge in [0, 0.05) is 43.2 Å². The molecule has 0 amide bonds. The maximum absolute atomic E-state index is 12.1. The summed E-state index contributed by atoms with van der Waals surface area (Å²) in [5.74, 6) is 2.16. The lowest BCUT2D eigenvalue weighted by molar-refractivity contribution is 0.293. The number of benzene rings is 2. The highest BCUT2D eigenvalue weighted by atomic mass is 16.5. The van der Waals surface area contributed by atoms with Gasteiger partial charge < -0.3 is 18.6 Å². The van der Waals surface area contributed by atoms with Crippen LogP contribution < -0.4 is 19.8 Å². The predicted octanol–water partition coefficient (Wildman–Crippen LogP) is 4.42. The fraction of sp³-hybridized carbons (Fsp3) is 0.320. The lowest BCUT2D eigenvalue weighted by Crippen LogP contribution is -2.28. The molecule has 0 bridgehead atoms. The third kappa shape index (κ3) is 4.30. The average molecular weight is 421 g/mol. The molecular formula is C25H27NO5. The fourth-order valence-corrected chi connectivity index (χ4v) is 4.11. The van der Waals surface area contributed by atoms with E-state index in [1.165, 1.54) is 5.57 Å². The van der Waals surface area contributed by atoms with E-state index in [1.807, 2.05) is 37.3 Å². The highest BCUT2D eigenvalue weighted by Crippen LogP contribution is 2.41. The molecule has 1 aromatic heterocycles. The fourth-order valence-electron chi connectivity index (χ4n) is 4.11. The third-order valence-corrected chi connectivity index (χ3v) is 5.71. The first-order valence-corrected chi connectivity index (χ1v) is 10.3. The highest BCUT2D eigenvalue weighted by Gasteiger charge is 2.21. The van der Waals surface area contributed by atoms with Gasteiger partial charge in [-0.2, -0.15) is 0 Å². The summed E-state index contributed by atoms with van der Waals surface area (Å²) < 4.78 is 22.0. The van der Waals surface area contributed by atoms with Gasteiger partial charge in [0.25, 0.3) is 0 Å². The van der Waals surface area contributed by atoms with Crippen LogP contribution in [0.4, 0.5) is 0 Å². The van der Waals surface area contributed by atoms with Crippen LogP contribution in [-0.2, 0) is 6.54 Å². The number of nitrogens with zero attached hydrogens (tertiary/aromatic N) is 1. The SMILES string of the molecule is COc1cc(OC)c(C2=CCN(Cc3cc(=O)oc4cc(C)ccc34)CC2)c(OC)c1. The van der Waals surface area contributed by atoms with Crippen LogP contribution in [0.2, 0.25) is 0 Å². The summed E-state index contributed by atoms with van der Waals surface area (Å²) in [5.41, 5.74) is 4.54. The van der Waals surface area contributed by atoms with E-state index in [1.54, 1.807) is 27.4 Å². The number of ether oxygens (including phenoxy) is 3. The Morgan fingerprint density at radius 1 is 1.00 bits per heavy atom. The van der Waals surface area contributed by atoms with E-state index >= 15 is 0 Å². The molecular weight excluding hydrogens is 394 g/mol. The smallest absolute Gasteiger partial charge is 0.336 e. The van der Waals surface area contributed by atoms with Gasteiger partial charge in [0.15, 0.2) is 0 Å². The Kier molecular flexibility index (Phi) is 6.00. The molecule has 0 aliphatic carbocycles. The zero-order valence-electron chi connectivity index (χ0n) is 18.4. The first kappa shape index (κ1) is 21.0. The lowest BCUT2D eigenvalue weighted by Gasteiger charge is -2.28. The van der Waals surface area contributed by atoms with E-state index in [4.69, 9.17) is 18.6 Å². The molecule has 0 fully saturated rings. The molecule has 2 aromatic carbocycles. The van der Waals surface area contributed by atoms with E-state index in [-0.39, 0.29) is 5.63 Å². The van der Waals surface area contributed by atoms with Crippen molar-refractivity contribution < 1.29 is 18.6 Å². The molecule has 31 heavy (non-hydrogen) atoms. The molecule has 0 saturated carbocycles. The molecule has 162 valence electrons. The second kappa shape index (κ2) is 8.86. The van der Waals surface area contributed by atoms with Crippen molar-refractivity contribution in [3.05, 3.63) is 69.6 Å². The largest absolute Gasteiger partial charge is 0.496 e. The quantitative estimate of drug-likeness (QED) is 0.549. The van der Waals surface area contributed by atoms with Crippen LogP contribution in [-0.4, -0.2) is 39.3 Å². The molecule has 0 N–H and O–H groups in total. The third-order valence-electron chi connectivity index (χ3n) is 5.71. The van der Waals surface area contributed by atoms with Crippen LogP contribution in [0.3, 0.4) is 0 Å². The van der Waals surface area contributed by atoms with Gasteiger partial charge in [0.2, 0.25) is 0 Å². The molecule has 0 spiro atoms. The minimum atomic E-state index is -0.311. The van der Waals surface area contributed by atoms with Gasteiger partial charge in [-0.05, 0) is 36.1 Å². The summed E-state index contributed by atoms with van der Waals surface area (Å²) >= 11 is 0. The van der Waals surface area contributed by atoms with Gasteiger partial charge in [0.1, 0.15) is 22.8 Å². The number of methoxy groups -OCH3 is 3. The maximum Gasteiger partial charge on any atom is 0.336 e. The number of aryl methyl sites for hydroxylation is 1. The summed E-state index contributed by atoms with van der Waals surface area (Å²) in [5, 5.41) is 0.985. The normalized spacial score (nSPS) is 14.4. The van der Waals surface area contributed by atoms with Crippen LogP contribution in [0.25, 0.3) is 16.5 Å². The minimum Gasteiger partial charge on any atom is -0.496 e. The highest BCUT2D eigenvalue weighted by molar-refractivity contribution is 5.81. The number of hydrogen-bond acceptors (Lipinski definition) is 6. The van der Waals surface area contributed by atoms with Crippen LogP contribution >= 0.6 is 0 Å². The standard InChI is InChI=1S/C25H27NO5/c1-16-5-6-20-18(12-24(27)31-21(20)11-16)15-26-9-7-17(8-10-26)25-22(29-3)13-19(28-2)14-23(25)30-4/h5-7,11-14H,8-10,15H2,1-4H3. The van der Waals surface area contributed by atoms with E-state index in [9.17, 15) is 4.79 Å². The number of fused-ring (bicyclic) bond motifs is 1. The van der Waals surface area contributed by atoms with Crippen LogP contribution in [0, 0.1) is 6.92 Å². The Hall–Kier alpha value is -3.25. The van der Waals surface area contributed by atoms with Gasteiger partial charge in [0.05, 0.1) is 26.9 Å². The molecule has 0 radical (unpaired) electrons. The molecule has 4 rings (SSSR count). The topological polar surface area (TPSA) is 61.1 Å². The van der Waals surface area contributed by atoms with Crippen molar-refractivity contribution in [1.82, 2.24) is 4.90 Å². The Morgan fingerprint density at radius 2 is 1.74 bits per heavy atom. The Balaban J connectivity index is 1.60. The monoisotopic (exact) mass is 421 g/mol. The van der Waals surface area contributed by atoms with E-state index in [0.29, 0.717) is 17.9 Å². The van der Waals surface area contributed by atoms with Crippen molar-refractivity contribution in [2.45, 2.75) is 19.9 Å². The summed E-state index contributed by atoms with van der Waals surface area (Å²) in [7, 11) is 4.93. The second-order valence-corrected chi connectivity index (χ2v) is 7.71. The summed E-state index contributed by atoms with van der Waals surface area (Å²) in [6, 6.07) is 11.3. The van der Waals surface area contributed by atoms with Crippen molar-refractivity contribution in [3.8, 4) is 17.2 Å². The Morgan fingerprint density at radius 3 is 2.35 bits per heavy atom. The molecule has 1 aliphatic rings. The summed E-state index contributed by atoms with van der Waals surface area (Å²) in [6.07, 6.45) is 3.05. The van der Waals surface area contributed by atoms with Crippen molar-refractivity contribution in [2.24, 2.45) is 0 Å². The molecule has 0 unspecified atom stereocenters. The molecule has 0 saturated heterocycles. The van der Waals surface area contributed by atoms with Crippen molar-refractivity contribution >= 4 is 16.5 Å². The van der Waals surface area contributed by atoms with Crippen molar-refractivity contribution in [1.29, 1.82) is 0 Å². The first-order valence-electron chi connectivity index (χ1n) is 10.3. The number of rotatable bonds is 6. The lowest BCUT2D eigenvalue weighted by atomic mass is 9.96. The zero-order chi connectivity index (χ0) is 22.0. The van der Waals surface area contributed by atoms with E-state index < -0.39 is 0 Å². The first-order chi connectivity index (χ1) is 15.0. The van der Waals surface area contributed by atoms with Crippen LogP contribution in [0.5, 0.6) is 17.2 Å². The Labute approximate surface area is 181 Å². The van der Waals surface area contributed by atoms with Gasteiger partial charge >= 0.3 is 5.63 Å². The van der Waals surface area contributed by atoms with Crippen LogP contribution in [0.15, 0.2) is 51.7 Å². The van der Waals surface area contributed by atoms with Crippen molar-refractivity contribution in [3.63, 3.8) is 0 Å². The average Bonchev–Trinajstić information content (AvgIpc) is 2.78. The number of hydrogen-bond donors (Lipinski definition) is 0. The molecule has 0 atom stereocenters. The summed E-state index contributed by atoms with van der Waals surface area (Å²) in [6.45, 7) is 4.30. The van der Waals surface area contributed by atoms with Gasteiger partial charge in [-0.3, -0.25) is 4.90 Å². The second-order valence-electron chi connectivity index (χ2n) is 7.71. The Bertz CT molecular complexity index is 1170. The maximum atomic E-state index is 12.1. The van der Waals surface area contributed by atoms with Gasteiger partial charge in [-0.25, -0.2) is 4.79 Å². The van der Waals surface area contributed by atoms with E-state index in [2.05, 4.69) is 11.0 Å². The summed E-state index contributed by atoms with van der Waals surface area (Å²) in [4.78, 5) is 14.4. The molecule has 3 aromatic rings. The van der Waals surface area contributed by atoms with Crippen molar-refractivity contribution in [2.75, 3.05) is 34.4 Å². The van der Waals surface area contributed by atoms with Gasteiger partial charge in [-0.15, -0.1) is 0 Å². The molecule has 6 heteroatoms. The molecule has 6 nitrogen and oxygen atoms in total. The predicted molar refractivity (Wildman–Crippen MR) is 121 cm³/mol. The minimum absolute atomic E-state index is 0.311. The zero-order valence-corrected chi connectivity index (χ0v) is 18.4. The molecule has 2 heterocycles. The van der Waals surface area contributed by atoms with Crippen LogP contribution in [0.1, 0.15) is 23.1 Å². The molecule has 1 aliphatic heterocycles. The van der Waals surface area contributed by atoms with E-state index in [0.717, 1.165) is 53.1 Å².